The molecule has 1 aromatic carbocycles. The summed E-state index contributed by atoms with van der Waals surface area (Å²) in [4.78, 5) is 14.8. The van der Waals surface area contributed by atoms with E-state index in [1.54, 1.807) is 6.20 Å². The van der Waals surface area contributed by atoms with Gasteiger partial charge in [-0.25, -0.2) is 4.68 Å². The molecule has 0 spiro atoms. The van der Waals surface area contributed by atoms with Gasteiger partial charge >= 0.3 is 0 Å². The number of carbonyl (C=O) groups is 1. The van der Waals surface area contributed by atoms with Gasteiger partial charge in [0, 0.05) is 25.3 Å². The first kappa shape index (κ1) is 16.7. The zero-order valence-electron chi connectivity index (χ0n) is 14.3. The predicted molar refractivity (Wildman–Crippen MR) is 95.2 cm³/mol. The number of amides is 1. The molecule has 1 saturated heterocycles. The van der Waals surface area contributed by atoms with Gasteiger partial charge in [0.25, 0.3) is 0 Å². The second-order valence-corrected chi connectivity index (χ2v) is 6.49. The molecule has 0 saturated carbocycles. The first-order chi connectivity index (χ1) is 11.7. The molecule has 3 rings (SSSR count). The molecule has 0 atom stereocenters. The van der Waals surface area contributed by atoms with E-state index in [0.29, 0.717) is 12.5 Å². The van der Waals surface area contributed by atoms with Crippen molar-refractivity contribution in [3.05, 3.63) is 48.3 Å². The van der Waals surface area contributed by atoms with E-state index in [1.165, 1.54) is 13.0 Å². The Balaban J connectivity index is 1.48. The molecule has 1 amide bonds. The third-order valence-corrected chi connectivity index (χ3v) is 4.51. The zero-order valence-corrected chi connectivity index (χ0v) is 14.3. The van der Waals surface area contributed by atoms with Crippen LogP contribution in [0, 0.1) is 0 Å². The standard InChI is InChI=1S/C19H26N4O/c1-2-10-22-11-8-17(9-12-22)21-19(24)13-16-14-20-23(15-16)18-6-4-3-5-7-18/h3-7,14-15,17H,2,8-13H2,1H3,(H,21,24). The lowest BCUT2D eigenvalue weighted by Crippen LogP contribution is -2.45. The van der Waals surface area contributed by atoms with Crippen LogP contribution in [0.1, 0.15) is 31.7 Å². The maximum atomic E-state index is 12.3. The van der Waals surface area contributed by atoms with Crippen LogP contribution in [0.2, 0.25) is 0 Å². The highest BCUT2D eigenvalue weighted by atomic mass is 16.1. The second kappa shape index (κ2) is 8.11. The van der Waals surface area contributed by atoms with Crippen molar-refractivity contribution in [1.29, 1.82) is 0 Å². The first-order valence-corrected chi connectivity index (χ1v) is 8.85. The van der Waals surface area contributed by atoms with Crippen LogP contribution in [0.4, 0.5) is 0 Å². The van der Waals surface area contributed by atoms with Crippen molar-refractivity contribution >= 4 is 5.91 Å². The number of para-hydroxylation sites is 1. The highest BCUT2D eigenvalue weighted by Crippen LogP contribution is 2.12. The fraction of sp³-hybridized carbons (Fsp3) is 0.474. The SMILES string of the molecule is CCCN1CCC(NC(=O)Cc2cnn(-c3ccccc3)c2)CC1. The summed E-state index contributed by atoms with van der Waals surface area (Å²) in [5, 5.41) is 7.52. The topological polar surface area (TPSA) is 50.2 Å². The Bertz CT molecular complexity index is 644. The molecule has 1 aromatic heterocycles. The largest absolute Gasteiger partial charge is 0.353 e. The summed E-state index contributed by atoms with van der Waals surface area (Å²) in [6.45, 7) is 5.55. The number of nitrogens with zero attached hydrogens (tertiary/aromatic N) is 3. The molecule has 128 valence electrons. The molecule has 0 unspecified atom stereocenters. The Morgan fingerprint density at radius 1 is 1.25 bits per heavy atom. The Hall–Kier alpha value is -2.14. The molecule has 24 heavy (non-hydrogen) atoms. The minimum absolute atomic E-state index is 0.0940. The maximum absolute atomic E-state index is 12.3. The molecular weight excluding hydrogens is 300 g/mol. The van der Waals surface area contributed by atoms with Crippen LogP contribution in [0.25, 0.3) is 5.69 Å². The van der Waals surface area contributed by atoms with E-state index in [9.17, 15) is 4.79 Å². The molecule has 0 bridgehead atoms. The molecule has 1 aliphatic heterocycles. The average Bonchev–Trinajstić information content (AvgIpc) is 3.06. The highest BCUT2D eigenvalue weighted by molar-refractivity contribution is 5.78. The van der Waals surface area contributed by atoms with Crippen LogP contribution in [0.15, 0.2) is 42.7 Å². The summed E-state index contributed by atoms with van der Waals surface area (Å²) in [5.41, 5.74) is 1.95. The molecule has 5 heteroatoms. The lowest BCUT2D eigenvalue weighted by atomic mass is 10.0. The summed E-state index contributed by atoms with van der Waals surface area (Å²) in [6.07, 6.45) is 7.39. The number of piperidine rings is 1. The molecule has 1 fully saturated rings. The van der Waals surface area contributed by atoms with Gasteiger partial charge in [0.1, 0.15) is 0 Å². The molecule has 2 aromatic rings. The molecule has 5 nitrogen and oxygen atoms in total. The van der Waals surface area contributed by atoms with Gasteiger partial charge in [-0.05, 0) is 43.5 Å². The first-order valence-electron chi connectivity index (χ1n) is 8.85. The zero-order chi connectivity index (χ0) is 16.8. The van der Waals surface area contributed by atoms with E-state index < -0.39 is 0 Å². The maximum Gasteiger partial charge on any atom is 0.224 e. The number of likely N-dealkylation sites (tertiary alicyclic amines) is 1. The lowest BCUT2D eigenvalue weighted by molar-refractivity contribution is -0.121. The molecule has 1 N–H and O–H groups in total. The highest BCUT2D eigenvalue weighted by Gasteiger charge is 2.20. The van der Waals surface area contributed by atoms with Gasteiger partial charge in [-0.1, -0.05) is 25.1 Å². The minimum Gasteiger partial charge on any atom is -0.353 e. The van der Waals surface area contributed by atoms with Crippen LogP contribution in [0.5, 0.6) is 0 Å². The lowest BCUT2D eigenvalue weighted by Gasteiger charge is -2.32. The van der Waals surface area contributed by atoms with E-state index in [0.717, 1.165) is 37.2 Å². The molecule has 1 aliphatic rings. The Morgan fingerprint density at radius 2 is 2.00 bits per heavy atom. The summed E-state index contributed by atoms with van der Waals surface area (Å²) in [7, 11) is 0. The van der Waals surface area contributed by atoms with Crippen LogP contribution in [-0.4, -0.2) is 46.3 Å². The summed E-state index contributed by atoms with van der Waals surface area (Å²) in [5.74, 6) is 0.0940. The number of hydrogen-bond donors (Lipinski definition) is 1. The molecule has 2 heterocycles. The Morgan fingerprint density at radius 3 is 2.71 bits per heavy atom. The van der Waals surface area contributed by atoms with E-state index in [4.69, 9.17) is 0 Å². The Kier molecular flexibility index (Phi) is 5.64. The second-order valence-electron chi connectivity index (χ2n) is 6.49. The van der Waals surface area contributed by atoms with Crippen molar-refractivity contribution in [3.63, 3.8) is 0 Å². The van der Waals surface area contributed by atoms with E-state index in [-0.39, 0.29) is 5.91 Å². The molecule has 0 radical (unpaired) electrons. The van der Waals surface area contributed by atoms with Gasteiger partial charge in [0.2, 0.25) is 5.91 Å². The van der Waals surface area contributed by atoms with E-state index in [2.05, 4.69) is 22.2 Å². The van der Waals surface area contributed by atoms with Gasteiger partial charge in [-0.2, -0.15) is 5.10 Å². The summed E-state index contributed by atoms with van der Waals surface area (Å²) in [6, 6.07) is 10.3. The van der Waals surface area contributed by atoms with Gasteiger partial charge in [0.05, 0.1) is 18.3 Å². The number of carbonyl (C=O) groups excluding carboxylic acids is 1. The van der Waals surface area contributed by atoms with Crippen molar-refractivity contribution in [2.45, 2.75) is 38.6 Å². The van der Waals surface area contributed by atoms with Crippen LogP contribution >= 0.6 is 0 Å². The number of rotatable bonds is 6. The summed E-state index contributed by atoms with van der Waals surface area (Å²) >= 11 is 0. The third-order valence-electron chi connectivity index (χ3n) is 4.51. The van der Waals surface area contributed by atoms with Crippen LogP contribution in [-0.2, 0) is 11.2 Å². The fourth-order valence-corrected chi connectivity index (χ4v) is 3.25. The van der Waals surface area contributed by atoms with Crippen LogP contribution < -0.4 is 5.32 Å². The van der Waals surface area contributed by atoms with Gasteiger partial charge in [-0.15, -0.1) is 0 Å². The van der Waals surface area contributed by atoms with Crippen molar-refractivity contribution in [2.24, 2.45) is 0 Å². The molecular formula is C19H26N4O. The Labute approximate surface area is 143 Å². The monoisotopic (exact) mass is 326 g/mol. The third kappa shape index (κ3) is 4.45. The predicted octanol–water partition coefficient (Wildman–Crippen LogP) is 2.41. The van der Waals surface area contributed by atoms with Crippen molar-refractivity contribution in [3.8, 4) is 5.69 Å². The minimum atomic E-state index is 0.0940. The van der Waals surface area contributed by atoms with Crippen LogP contribution in [0.3, 0.4) is 0 Å². The van der Waals surface area contributed by atoms with Gasteiger partial charge < -0.3 is 10.2 Å². The molecule has 0 aliphatic carbocycles. The van der Waals surface area contributed by atoms with E-state index in [1.807, 2.05) is 41.2 Å². The number of benzene rings is 1. The normalized spacial score (nSPS) is 16.2. The smallest absolute Gasteiger partial charge is 0.224 e. The average molecular weight is 326 g/mol. The fourth-order valence-electron chi connectivity index (χ4n) is 3.25. The quantitative estimate of drug-likeness (QED) is 0.887. The number of nitrogens with one attached hydrogen (secondary N) is 1. The summed E-state index contributed by atoms with van der Waals surface area (Å²) < 4.78 is 1.81. The van der Waals surface area contributed by atoms with Crippen molar-refractivity contribution < 1.29 is 4.79 Å². The van der Waals surface area contributed by atoms with Gasteiger partial charge in [0.15, 0.2) is 0 Å². The van der Waals surface area contributed by atoms with Crippen molar-refractivity contribution in [1.82, 2.24) is 20.0 Å². The van der Waals surface area contributed by atoms with Crippen molar-refractivity contribution in [2.75, 3.05) is 19.6 Å². The van der Waals surface area contributed by atoms with Gasteiger partial charge in [-0.3, -0.25) is 4.79 Å². The number of aromatic nitrogens is 2. The van der Waals surface area contributed by atoms with E-state index >= 15 is 0 Å². The number of hydrogen-bond acceptors (Lipinski definition) is 3.